The molecule has 0 fully saturated rings. The Morgan fingerprint density at radius 2 is 1.68 bits per heavy atom. The summed E-state index contributed by atoms with van der Waals surface area (Å²) in [6, 6.07) is 5.75. The third-order valence-electron chi connectivity index (χ3n) is 4.25. The first-order valence-corrected chi connectivity index (χ1v) is 10.2. The topological polar surface area (TPSA) is 86.5 Å². The summed E-state index contributed by atoms with van der Waals surface area (Å²) in [5.74, 6) is -0.406. The van der Waals surface area contributed by atoms with Crippen LogP contribution in [-0.4, -0.2) is 29.2 Å². The largest absolute Gasteiger partial charge is 0.462 e. The Morgan fingerprint density at radius 3 is 2.25 bits per heavy atom. The van der Waals surface area contributed by atoms with Crippen LogP contribution < -0.4 is 0 Å². The van der Waals surface area contributed by atoms with Crippen LogP contribution in [-0.2, 0) is 14.3 Å². The van der Waals surface area contributed by atoms with Crippen LogP contribution in [0.5, 0.6) is 0 Å². The minimum absolute atomic E-state index is 0.104. The molecule has 0 aliphatic carbocycles. The smallest absolute Gasteiger partial charge is 0.341 e. The van der Waals surface area contributed by atoms with Crippen molar-refractivity contribution in [2.45, 2.75) is 58.3 Å². The number of ketones is 1. The van der Waals surface area contributed by atoms with E-state index in [0.717, 1.165) is 38.0 Å². The molecule has 0 N–H and O–H groups in total. The third-order valence-corrected chi connectivity index (χ3v) is 4.52. The number of nitrogens with zero attached hydrogens (tertiary/aromatic N) is 1. The van der Waals surface area contributed by atoms with Crippen LogP contribution >= 0.6 is 11.6 Å². The second-order valence-electron chi connectivity index (χ2n) is 6.62. The highest BCUT2D eigenvalue weighted by atomic mass is 35.5. The number of halogens is 1. The van der Waals surface area contributed by atoms with E-state index in [0.29, 0.717) is 5.56 Å². The van der Waals surface area contributed by atoms with Crippen molar-refractivity contribution < 1.29 is 19.2 Å². The zero-order valence-electron chi connectivity index (χ0n) is 16.3. The quantitative estimate of drug-likeness (QED) is 0.0594. The number of unbranched alkanes of at least 4 members (excludes halogenated alkanes) is 7. The predicted octanol–water partition coefficient (Wildman–Crippen LogP) is 5.47. The molecule has 0 atom stereocenters. The molecule has 1 rings (SSSR count). The van der Waals surface area contributed by atoms with E-state index in [1.165, 1.54) is 50.5 Å². The molecule has 154 valence electrons. The van der Waals surface area contributed by atoms with Crippen molar-refractivity contribution in [3.8, 4) is 0 Å². The number of Topliss-reactive ketones (excluding diaryl/α,β-unsaturated/α-hetero) is 1. The van der Waals surface area contributed by atoms with Gasteiger partial charge in [0.15, 0.2) is 5.78 Å². The number of benzene rings is 1. The molecule has 0 saturated carbocycles. The standard InChI is InChI=1S/C21H28ClNO5/c1-17(24)20(16-18-11-10-12-19(15-18)23(26)27)21(25)28-14-9-7-5-3-2-4-6-8-13-22/h10-12,15-16H,2-9,13-14H2,1H3/b20-16+. The van der Waals surface area contributed by atoms with Gasteiger partial charge in [0, 0.05) is 18.0 Å². The molecule has 0 aliphatic heterocycles. The summed E-state index contributed by atoms with van der Waals surface area (Å²) < 4.78 is 5.20. The highest BCUT2D eigenvalue weighted by Crippen LogP contribution is 2.17. The maximum atomic E-state index is 12.2. The first kappa shape index (κ1) is 23.8. The number of alkyl halides is 1. The van der Waals surface area contributed by atoms with Gasteiger partial charge in [0.1, 0.15) is 5.57 Å². The van der Waals surface area contributed by atoms with Crippen molar-refractivity contribution in [1.29, 1.82) is 0 Å². The summed E-state index contributed by atoms with van der Waals surface area (Å²) in [7, 11) is 0. The van der Waals surface area contributed by atoms with E-state index in [1.807, 2.05) is 0 Å². The third kappa shape index (κ3) is 9.65. The van der Waals surface area contributed by atoms with Crippen molar-refractivity contribution >= 4 is 35.1 Å². The fourth-order valence-corrected chi connectivity index (χ4v) is 2.89. The summed E-state index contributed by atoms with van der Waals surface area (Å²) in [6.45, 7) is 1.53. The lowest BCUT2D eigenvalue weighted by molar-refractivity contribution is -0.384. The first-order valence-electron chi connectivity index (χ1n) is 9.66. The van der Waals surface area contributed by atoms with Crippen LogP contribution in [0, 0.1) is 10.1 Å². The van der Waals surface area contributed by atoms with Gasteiger partial charge in [-0.2, -0.15) is 0 Å². The van der Waals surface area contributed by atoms with Crippen LogP contribution in [0.25, 0.3) is 6.08 Å². The highest BCUT2D eigenvalue weighted by molar-refractivity contribution is 6.19. The lowest BCUT2D eigenvalue weighted by Gasteiger charge is -2.07. The van der Waals surface area contributed by atoms with Gasteiger partial charge < -0.3 is 4.74 Å². The average Bonchev–Trinajstić information content (AvgIpc) is 2.67. The number of nitro benzene ring substituents is 1. The van der Waals surface area contributed by atoms with Crippen molar-refractivity contribution in [2.24, 2.45) is 0 Å². The Kier molecular flexibility index (Phi) is 11.8. The Hall–Kier alpha value is -2.21. The van der Waals surface area contributed by atoms with E-state index < -0.39 is 16.7 Å². The van der Waals surface area contributed by atoms with Gasteiger partial charge in [0.05, 0.1) is 11.5 Å². The molecular weight excluding hydrogens is 382 g/mol. The molecule has 0 aliphatic rings. The van der Waals surface area contributed by atoms with Crippen LogP contribution in [0.1, 0.15) is 63.9 Å². The van der Waals surface area contributed by atoms with Crippen LogP contribution in [0.4, 0.5) is 5.69 Å². The first-order chi connectivity index (χ1) is 13.5. The lowest BCUT2D eigenvalue weighted by atomic mass is 10.1. The zero-order chi connectivity index (χ0) is 20.8. The normalized spacial score (nSPS) is 11.3. The van der Waals surface area contributed by atoms with E-state index >= 15 is 0 Å². The molecule has 0 unspecified atom stereocenters. The van der Waals surface area contributed by atoms with Crippen molar-refractivity contribution in [3.05, 3.63) is 45.5 Å². The van der Waals surface area contributed by atoms with Gasteiger partial charge in [-0.15, -0.1) is 11.6 Å². The van der Waals surface area contributed by atoms with Gasteiger partial charge in [-0.25, -0.2) is 4.79 Å². The minimum Gasteiger partial charge on any atom is -0.462 e. The summed E-state index contributed by atoms with van der Waals surface area (Å²) in [5.41, 5.74) is 0.193. The Labute approximate surface area is 171 Å². The molecule has 0 aromatic heterocycles. The number of rotatable bonds is 14. The van der Waals surface area contributed by atoms with Gasteiger partial charge in [-0.3, -0.25) is 14.9 Å². The van der Waals surface area contributed by atoms with E-state index in [2.05, 4.69) is 0 Å². The molecule has 0 heterocycles. The second-order valence-corrected chi connectivity index (χ2v) is 7.00. The summed E-state index contributed by atoms with van der Waals surface area (Å²) in [4.78, 5) is 34.3. The van der Waals surface area contributed by atoms with Crippen molar-refractivity contribution in [1.82, 2.24) is 0 Å². The van der Waals surface area contributed by atoms with Gasteiger partial charge in [-0.1, -0.05) is 50.7 Å². The van der Waals surface area contributed by atoms with Crippen LogP contribution in [0.15, 0.2) is 29.8 Å². The highest BCUT2D eigenvalue weighted by Gasteiger charge is 2.16. The van der Waals surface area contributed by atoms with Crippen LogP contribution in [0.2, 0.25) is 0 Å². The fraction of sp³-hybridized carbons (Fsp3) is 0.524. The molecule has 0 saturated heterocycles. The van der Waals surface area contributed by atoms with Crippen LogP contribution in [0.3, 0.4) is 0 Å². The molecule has 0 bridgehead atoms. The van der Waals surface area contributed by atoms with Gasteiger partial charge in [-0.05, 0) is 31.4 Å². The van der Waals surface area contributed by atoms with Crippen molar-refractivity contribution in [3.63, 3.8) is 0 Å². The monoisotopic (exact) mass is 409 g/mol. The summed E-state index contributed by atoms with van der Waals surface area (Å²) >= 11 is 5.64. The number of non-ortho nitro benzene ring substituents is 1. The van der Waals surface area contributed by atoms with Gasteiger partial charge >= 0.3 is 5.97 Å². The molecule has 6 nitrogen and oxygen atoms in total. The maximum absolute atomic E-state index is 12.2. The summed E-state index contributed by atoms with van der Waals surface area (Å²) in [6.07, 6.45) is 9.92. The van der Waals surface area contributed by atoms with Crippen molar-refractivity contribution in [2.75, 3.05) is 12.5 Å². The molecular formula is C21H28ClNO5. The number of hydrogen-bond donors (Lipinski definition) is 0. The average molecular weight is 410 g/mol. The zero-order valence-corrected chi connectivity index (χ0v) is 17.1. The minimum atomic E-state index is -0.694. The van der Waals surface area contributed by atoms with E-state index in [-0.39, 0.29) is 17.9 Å². The van der Waals surface area contributed by atoms with E-state index in [4.69, 9.17) is 16.3 Å². The number of carbonyl (C=O) groups is 2. The molecule has 7 heteroatoms. The Bertz CT molecular complexity index is 687. The number of esters is 1. The molecule has 0 radical (unpaired) electrons. The van der Waals surface area contributed by atoms with E-state index in [9.17, 15) is 19.7 Å². The Morgan fingerprint density at radius 1 is 1.07 bits per heavy atom. The van der Waals surface area contributed by atoms with E-state index in [1.54, 1.807) is 6.07 Å². The number of carbonyl (C=O) groups excluding carboxylic acids is 2. The second kappa shape index (κ2) is 13.9. The number of hydrogen-bond acceptors (Lipinski definition) is 5. The SMILES string of the molecule is CC(=O)/C(=C\c1cccc([N+](=O)[O-])c1)C(=O)OCCCCCCCCCCCl. The predicted molar refractivity (Wildman–Crippen MR) is 110 cm³/mol. The molecule has 0 spiro atoms. The Balaban J connectivity index is 2.42. The molecule has 1 aromatic carbocycles. The fourth-order valence-electron chi connectivity index (χ4n) is 2.70. The van der Waals surface area contributed by atoms with Gasteiger partial charge in [0.2, 0.25) is 0 Å². The molecule has 1 aromatic rings. The number of ether oxygens (including phenoxy) is 1. The van der Waals surface area contributed by atoms with Gasteiger partial charge in [0.25, 0.3) is 5.69 Å². The lowest BCUT2D eigenvalue weighted by Crippen LogP contribution is -2.14. The molecule has 28 heavy (non-hydrogen) atoms. The number of nitro groups is 1. The summed E-state index contributed by atoms with van der Waals surface area (Å²) in [5, 5.41) is 10.8. The molecule has 0 amide bonds. The maximum Gasteiger partial charge on any atom is 0.341 e.